The third kappa shape index (κ3) is 3.09. The Morgan fingerprint density at radius 3 is 2.90 bits per heavy atom. The molecule has 2 fully saturated rings. The van der Waals surface area contributed by atoms with Crippen molar-refractivity contribution in [3.8, 4) is 0 Å². The fourth-order valence-corrected chi connectivity index (χ4v) is 2.87. The minimum absolute atomic E-state index is 0.0856. The number of hydrogen-bond donors (Lipinski definition) is 1. The van der Waals surface area contributed by atoms with Gasteiger partial charge in [-0.3, -0.25) is 14.3 Å². The van der Waals surface area contributed by atoms with E-state index in [0.717, 1.165) is 38.6 Å². The first-order chi connectivity index (χ1) is 10.2. The molecule has 1 aromatic rings. The van der Waals surface area contributed by atoms with Crippen LogP contribution in [0.2, 0.25) is 0 Å². The van der Waals surface area contributed by atoms with Crippen LogP contribution in [-0.4, -0.2) is 39.1 Å². The van der Waals surface area contributed by atoms with Crippen LogP contribution in [0.3, 0.4) is 0 Å². The molecule has 0 aromatic carbocycles. The number of carbonyl (C=O) groups excluding carboxylic acids is 2. The van der Waals surface area contributed by atoms with E-state index in [2.05, 4.69) is 17.3 Å². The van der Waals surface area contributed by atoms with Crippen molar-refractivity contribution < 1.29 is 9.59 Å². The van der Waals surface area contributed by atoms with Gasteiger partial charge in [-0.05, 0) is 32.1 Å². The lowest BCUT2D eigenvalue weighted by Gasteiger charge is -2.23. The van der Waals surface area contributed by atoms with E-state index in [1.165, 1.54) is 0 Å². The molecule has 1 unspecified atom stereocenters. The molecule has 6 heteroatoms. The number of nitrogens with one attached hydrogen (secondary N) is 1. The summed E-state index contributed by atoms with van der Waals surface area (Å²) in [6.07, 6.45) is 8.13. The summed E-state index contributed by atoms with van der Waals surface area (Å²) in [6.45, 7) is 3.63. The molecule has 1 aliphatic carbocycles. The Bertz CT molecular complexity index is 536. The van der Waals surface area contributed by atoms with Crippen LogP contribution in [0.1, 0.15) is 39.0 Å². The highest BCUT2D eigenvalue weighted by atomic mass is 16.2. The monoisotopic (exact) mass is 290 g/mol. The first kappa shape index (κ1) is 14.1. The molecule has 2 aliphatic rings. The first-order valence-corrected chi connectivity index (χ1v) is 7.83. The van der Waals surface area contributed by atoms with Gasteiger partial charge in [0.2, 0.25) is 11.8 Å². The first-order valence-electron chi connectivity index (χ1n) is 7.83. The number of aryl methyl sites for hydroxylation is 1. The molecular weight excluding hydrogens is 268 g/mol. The number of nitrogens with zero attached hydrogens (tertiary/aromatic N) is 3. The Hall–Kier alpha value is -1.85. The molecule has 1 aliphatic heterocycles. The van der Waals surface area contributed by atoms with Crippen molar-refractivity contribution in [1.29, 1.82) is 0 Å². The smallest absolute Gasteiger partial charge is 0.247 e. The topological polar surface area (TPSA) is 67.2 Å². The Morgan fingerprint density at radius 1 is 1.38 bits per heavy atom. The molecule has 0 bridgehead atoms. The minimum atomic E-state index is -0.312. The molecule has 1 saturated carbocycles. The van der Waals surface area contributed by atoms with Gasteiger partial charge in [0.25, 0.3) is 0 Å². The third-order valence-electron chi connectivity index (χ3n) is 4.12. The molecule has 1 N–H and O–H groups in total. The maximum absolute atomic E-state index is 12.4. The summed E-state index contributed by atoms with van der Waals surface area (Å²) in [5.41, 5.74) is 0.708. The molecule has 2 heterocycles. The van der Waals surface area contributed by atoms with Gasteiger partial charge in [0.05, 0.1) is 11.9 Å². The molecule has 0 radical (unpaired) electrons. The summed E-state index contributed by atoms with van der Waals surface area (Å²) in [7, 11) is 0. The number of anilines is 1. The maximum atomic E-state index is 12.4. The van der Waals surface area contributed by atoms with Gasteiger partial charge in [0, 0.05) is 25.2 Å². The minimum Gasteiger partial charge on any atom is -0.330 e. The van der Waals surface area contributed by atoms with E-state index in [9.17, 15) is 9.59 Å². The molecular formula is C15H22N4O2. The summed E-state index contributed by atoms with van der Waals surface area (Å²) in [5, 5.41) is 7.09. The molecule has 2 amide bonds. The highest BCUT2D eigenvalue weighted by molar-refractivity contribution is 5.97. The third-order valence-corrected chi connectivity index (χ3v) is 4.12. The lowest BCUT2D eigenvalue weighted by Crippen LogP contribution is -2.43. The van der Waals surface area contributed by atoms with Crippen LogP contribution in [0.5, 0.6) is 0 Å². The number of hydrogen-bond acceptors (Lipinski definition) is 3. The molecule has 114 valence electrons. The zero-order chi connectivity index (χ0) is 14.8. The maximum Gasteiger partial charge on any atom is 0.247 e. The number of amides is 2. The van der Waals surface area contributed by atoms with Gasteiger partial charge in [-0.1, -0.05) is 6.92 Å². The van der Waals surface area contributed by atoms with Crippen molar-refractivity contribution in [2.45, 2.75) is 51.6 Å². The number of likely N-dealkylation sites (tertiary alicyclic amines) is 1. The van der Waals surface area contributed by atoms with E-state index >= 15 is 0 Å². The Kier molecular flexibility index (Phi) is 3.94. The average Bonchev–Trinajstić information content (AvgIpc) is 3.03. The second kappa shape index (κ2) is 5.87. The van der Waals surface area contributed by atoms with Gasteiger partial charge in [-0.25, -0.2) is 0 Å². The number of carbonyl (C=O) groups is 2. The average molecular weight is 290 g/mol. The van der Waals surface area contributed by atoms with Crippen molar-refractivity contribution in [2.75, 3.05) is 11.9 Å². The van der Waals surface area contributed by atoms with Crippen LogP contribution >= 0.6 is 0 Å². The predicted molar refractivity (Wildman–Crippen MR) is 78.6 cm³/mol. The van der Waals surface area contributed by atoms with E-state index in [4.69, 9.17) is 0 Å². The van der Waals surface area contributed by atoms with Crippen LogP contribution < -0.4 is 5.32 Å². The molecule has 1 atom stereocenters. The zero-order valence-corrected chi connectivity index (χ0v) is 12.4. The van der Waals surface area contributed by atoms with Gasteiger partial charge < -0.3 is 10.2 Å². The van der Waals surface area contributed by atoms with Crippen LogP contribution in [0.15, 0.2) is 12.4 Å². The van der Waals surface area contributed by atoms with Crippen molar-refractivity contribution in [1.82, 2.24) is 14.7 Å². The van der Waals surface area contributed by atoms with Crippen molar-refractivity contribution in [2.24, 2.45) is 5.92 Å². The molecule has 1 aromatic heterocycles. The highest BCUT2D eigenvalue weighted by Gasteiger charge is 2.40. The highest BCUT2D eigenvalue weighted by Crippen LogP contribution is 2.33. The Labute approximate surface area is 124 Å². The molecule has 21 heavy (non-hydrogen) atoms. The van der Waals surface area contributed by atoms with Gasteiger partial charge in [-0.15, -0.1) is 0 Å². The fourth-order valence-electron chi connectivity index (χ4n) is 2.87. The van der Waals surface area contributed by atoms with Crippen molar-refractivity contribution in [3.05, 3.63) is 12.4 Å². The molecule has 1 saturated heterocycles. The largest absolute Gasteiger partial charge is 0.330 e. The quantitative estimate of drug-likeness (QED) is 0.896. The normalized spacial score (nSPS) is 21.6. The van der Waals surface area contributed by atoms with Crippen LogP contribution in [-0.2, 0) is 16.1 Å². The summed E-state index contributed by atoms with van der Waals surface area (Å²) in [4.78, 5) is 26.4. The standard InChI is InChI=1S/C15H22N4O2/c1-2-7-18-10-12(9-16-18)17-14(20)13-4-3-8-19(13)15(21)11-5-6-11/h9-11,13H,2-8H2,1H3,(H,17,20). The van der Waals surface area contributed by atoms with E-state index < -0.39 is 0 Å². The van der Waals surface area contributed by atoms with Crippen molar-refractivity contribution in [3.63, 3.8) is 0 Å². The summed E-state index contributed by atoms with van der Waals surface area (Å²) in [6, 6.07) is -0.312. The van der Waals surface area contributed by atoms with Crippen LogP contribution in [0.4, 0.5) is 5.69 Å². The molecule has 3 rings (SSSR count). The second-order valence-electron chi connectivity index (χ2n) is 5.95. The number of rotatable bonds is 5. The molecule has 6 nitrogen and oxygen atoms in total. The van der Waals surface area contributed by atoms with E-state index in [-0.39, 0.29) is 23.8 Å². The summed E-state index contributed by atoms with van der Waals surface area (Å²) < 4.78 is 1.82. The number of aromatic nitrogens is 2. The lowest BCUT2D eigenvalue weighted by atomic mass is 10.2. The van der Waals surface area contributed by atoms with Gasteiger partial charge in [-0.2, -0.15) is 5.10 Å². The predicted octanol–water partition coefficient (Wildman–Crippen LogP) is 1.63. The SMILES string of the molecule is CCCn1cc(NC(=O)C2CCCN2C(=O)C2CC2)cn1. The molecule has 0 spiro atoms. The Morgan fingerprint density at radius 2 is 2.19 bits per heavy atom. The van der Waals surface area contributed by atoms with Gasteiger partial charge in [0.15, 0.2) is 0 Å². The zero-order valence-electron chi connectivity index (χ0n) is 12.4. The summed E-state index contributed by atoms with van der Waals surface area (Å²) in [5.74, 6) is 0.248. The van der Waals surface area contributed by atoms with E-state index in [1.54, 1.807) is 11.1 Å². The van der Waals surface area contributed by atoms with Crippen molar-refractivity contribution >= 4 is 17.5 Å². The van der Waals surface area contributed by atoms with Gasteiger partial charge in [0.1, 0.15) is 6.04 Å². The van der Waals surface area contributed by atoms with E-state index in [0.29, 0.717) is 12.2 Å². The second-order valence-corrected chi connectivity index (χ2v) is 5.95. The summed E-state index contributed by atoms with van der Waals surface area (Å²) >= 11 is 0. The lowest BCUT2D eigenvalue weighted by molar-refractivity contribution is -0.137. The van der Waals surface area contributed by atoms with Crippen LogP contribution in [0, 0.1) is 5.92 Å². The fraction of sp³-hybridized carbons (Fsp3) is 0.667. The van der Waals surface area contributed by atoms with E-state index in [1.807, 2.05) is 10.9 Å². The van der Waals surface area contributed by atoms with Crippen LogP contribution in [0.25, 0.3) is 0 Å². The Balaban J connectivity index is 1.61. The van der Waals surface area contributed by atoms with Gasteiger partial charge >= 0.3 is 0 Å².